The van der Waals surface area contributed by atoms with Gasteiger partial charge in [-0.05, 0) is 26.0 Å². The Morgan fingerprint density at radius 2 is 1.89 bits per heavy atom. The highest BCUT2D eigenvalue weighted by molar-refractivity contribution is 5.94. The molecule has 2 heterocycles. The molecule has 1 aromatic heterocycles. The molecule has 96 valence electrons. The van der Waals surface area contributed by atoms with Gasteiger partial charge in [0.05, 0.1) is 12.2 Å². The maximum Gasteiger partial charge on any atom is 0.254 e. The zero-order chi connectivity index (χ0) is 13.4. The van der Waals surface area contributed by atoms with E-state index in [-0.39, 0.29) is 5.91 Å². The molecule has 0 aliphatic carbocycles. The Bertz CT molecular complexity index is 606. The molecule has 0 fully saturated rings. The number of benzene rings is 1. The summed E-state index contributed by atoms with van der Waals surface area (Å²) in [4.78, 5) is 22.5. The van der Waals surface area contributed by atoms with Crippen LogP contribution in [-0.2, 0) is 13.1 Å². The van der Waals surface area contributed by atoms with E-state index in [1.165, 1.54) is 6.33 Å². The van der Waals surface area contributed by atoms with Gasteiger partial charge in [-0.3, -0.25) is 4.79 Å². The number of nitrogens with zero attached hydrogens (tertiary/aromatic N) is 3. The van der Waals surface area contributed by atoms with E-state index in [0.717, 1.165) is 27.9 Å². The minimum Gasteiger partial charge on any atom is -0.328 e. The average Bonchev–Trinajstić information content (AvgIpc) is 2.80. The Morgan fingerprint density at radius 1 is 1.16 bits per heavy atom. The minimum atomic E-state index is 0.0600. The second kappa shape index (κ2) is 4.46. The Morgan fingerprint density at radius 3 is 2.58 bits per heavy atom. The molecule has 1 aliphatic rings. The summed E-state index contributed by atoms with van der Waals surface area (Å²) in [5.41, 5.74) is 4.96. The number of rotatable bonds is 1. The first-order chi connectivity index (χ1) is 9.13. The van der Waals surface area contributed by atoms with E-state index in [4.69, 9.17) is 0 Å². The number of fused-ring (bicyclic) bond motifs is 1. The van der Waals surface area contributed by atoms with Crippen LogP contribution < -0.4 is 0 Å². The lowest BCUT2D eigenvalue weighted by molar-refractivity contribution is 0.0750. The van der Waals surface area contributed by atoms with Gasteiger partial charge in [0.2, 0.25) is 0 Å². The molecule has 0 saturated carbocycles. The second-order valence-corrected chi connectivity index (χ2v) is 5.03. The highest BCUT2D eigenvalue weighted by atomic mass is 16.2. The lowest BCUT2D eigenvalue weighted by Gasteiger charge is -2.15. The van der Waals surface area contributed by atoms with Crippen LogP contribution >= 0.6 is 0 Å². The Hall–Kier alpha value is -2.23. The van der Waals surface area contributed by atoms with Crippen LogP contribution in [0, 0.1) is 13.8 Å². The van der Waals surface area contributed by atoms with E-state index >= 15 is 0 Å². The third-order valence-corrected chi connectivity index (χ3v) is 3.34. The fourth-order valence-electron chi connectivity index (χ4n) is 2.52. The van der Waals surface area contributed by atoms with Gasteiger partial charge in [0.15, 0.2) is 0 Å². The predicted molar refractivity (Wildman–Crippen MR) is 71.5 cm³/mol. The molecule has 0 N–H and O–H groups in total. The molecule has 4 heteroatoms. The highest BCUT2D eigenvalue weighted by Gasteiger charge is 2.25. The number of amides is 1. The molecule has 3 rings (SSSR count). The van der Waals surface area contributed by atoms with Crippen LogP contribution in [0.15, 0.2) is 30.7 Å². The summed E-state index contributed by atoms with van der Waals surface area (Å²) in [6, 6.07) is 5.94. The maximum absolute atomic E-state index is 12.5. The lowest BCUT2D eigenvalue weighted by Crippen LogP contribution is -2.25. The van der Waals surface area contributed by atoms with Gasteiger partial charge in [0, 0.05) is 23.9 Å². The number of aryl methyl sites for hydroxylation is 2. The fraction of sp³-hybridized carbons (Fsp3) is 0.267. The van der Waals surface area contributed by atoms with Crippen molar-refractivity contribution in [2.75, 3.05) is 0 Å². The van der Waals surface area contributed by atoms with Gasteiger partial charge in [0.25, 0.3) is 5.91 Å². The number of carbonyl (C=O) groups excluding carboxylic acids is 1. The standard InChI is InChI=1S/C15H15N3O/c1-10-3-11(2)5-12(4-10)15(19)18-7-13-6-16-9-17-14(13)8-18/h3-6,9H,7-8H2,1-2H3. The van der Waals surface area contributed by atoms with Crippen molar-refractivity contribution in [1.82, 2.24) is 14.9 Å². The third kappa shape index (κ3) is 2.21. The van der Waals surface area contributed by atoms with Crippen molar-refractivity contribution < 1.29 is 4.79 Å². The molecular weight excluding hydrogens is 238 g/mol. The van der Waals surface area contributed by atoms with E-state index < -0.39 is 0 Å². The van der Waals surface area contributed by atoms with Crippen molar-refractivity contribution in [2.45, 2.75) is 26.9 Å². The van der Waals surface area contributed by atoms with Gasteiger partial charge in [-0.25, -0.2) is 9.97 Å². The molecule has 0 unspecified atom stereocenters. The topological polar surface area (TPSA) is 46.1 Å². The summed E-state index contributed by atoms with van der Waals surface area (Å²) in [6.45, 7) is 5.19. The molecule has 2 aromatic rings. The molecular formula is C15H15N3O. The SMILES string of the molecule is Cc1cc(C)cc(C(=O)N2Cc3cncnc3C2)c1. The smallest absolute Gasteiger partial charge is 0.254 e. The first-order valence-electron chi connectivity index (χ1n) is 6.29. The van der Waals surface area contributed by atoms with Gasteiger partial charge < -0.3 is 4.90 Å². The van der Waals surface area contributed by atoms with Crippen molar-refractivity contribution in [3.05, 3.63) is 58.7 Å². The summed E-state index contributed by atoms with van der Waals surface area (Å²) in [6.07, 6.45) is 3.32. The summed E-state index contributed by atoms with van der Waals surface area (Å²) >= 11 is 0. The van der Waals surface area contributed by atoms with E-state index in [9.17, 15) is 4.79 Å². The van der Waals surface area contributed by atoms with Crippen LogP contribution in [0.4, 0.5) is 0 Å². The van der Waals surface area contributed by atoms with Crippen molar-refractivity contribution >= 4 is 5.91 Å². The van der Waals surface area contributed by atoms with Gasteiger partial charge in [-0.2, -0.15) is 0 Å². The van der Waals surface area contributed by atoms with E-state index in [1.54, 1.807) is 6.20 Å². The van der Waals surface area contributed by atoms with Gasteiger partial charge >= 0.3 is 0 Å². The average molecular weight is 253 g/mol. The van der Waals surface area contributed by atoms with Crippen LogP contribution in [0.2, 0.25) is 0 Å². The molecule has 0 bridgehead atoms. The largest absolute Gasteiger partial charge is 0.328 e. The quantitative estimate of drug-likeness (QED) is 0.783. The second-order valence-electron chi connectivity index (χ2n) is 5.03. The van der Waals surface area contributed by atoms with Gasteiger partial charge in [-0.15, -0.1) is 0 Å². The molecule has 0 saturated heterocycles. The van der Waals surface area contributed by atoms with Crippen molar-refractivity contribution in [3.8, 4) is 0 Å². The zero-order valence-corrected chi connectivity index (χ0v) is 11.1. The van der Waals surface area contributed by atoms with Crippen LogP contribution in [0.3, 0.4) is 0 Å². The molecule has 4 nitrogen and oxygen atoms in total. The Balaban J connectivity index is 1.87. The third-order valence-electron chi connectivity index (χ3n) is 3.34. The highest BCUT2D eigenvalue weighted by Crippen LogP contribution is 2.22. The normalized spacial score (nSPS) is 13.5. The number of hydrogen-bond acceptors (Lipinski definition) is 3. The molecule has 0 atom stereocenters. The van der Waals surface area contributed by atoms with E-state index in [1.807, 2.05) is 30.9 Å². The van der Waals surface area contributed by atoms with Crippen LogP contribution in [-0.4, -0.2) is 20.8 Å². The monoisotopic (exact) mass is 253 g/mol. The Kier molecular flexibility index (Phi) is 2.78. The maximum atomic E-state index is 12.5. The van der Waals surface area contributed by atoms with Crippen molar-refractivity contribution in [2.24, 2.45) is 0 Å². The number of carbonyl (C=O) groups is 1. The van der Waals surface area contributed by atoms with Crippen molar-refractivity contribution in [1.29, 1.82) is 0 Å². The van der Waals surface area contributed by atoms with E-state index in [2.05, 4.69) is 16.0 Å². The first kappa shape index (κ1) is 11.8. The Labute approximate surface area is 112 Å². The lowest BCUT2D eigenvalue weighted by atomic mass is 10.1. The molecule has 0 spiro atoms. The van der Waals surface area contributed by atoms with Crippen LogP contribution in [0.25, 0.3) is 0 Å². The minimum absolute atomic E-state index is 0.0600. The van der Waals surface area contributed by atoms with Gasteiger partial charge in [0.1, 0.15) is 6.33 Å². The number of hydrogen-bond donors (Lipinski definition) is 0. The molecule has 19 heavy (non-hydrogen) atoms. The molecule has 0 radical (unpaired) electrons. The van der Waals surface area contributed by atoms with E-state index in [0.29, 0.717) is 13.1 Å². The van der Waals surface area contributed by atoms with Crippen LogP contribution in [0.5, 0.6) is 0 Å². The van der Waals surface area contributed by atoms with Crippen LogP contribution in [0.1, 0.15) is 32.7 Å². The predicted octanol–water partition coefficient (Wildman–Crippen LogP) is 2.25. The summed E-state index contributed by atoms with van der Waals surface area (Å²) < 4.78 is 0. The van der Waals surface area contributed by atoms with Crippen molar-refractivity contribution in [3.63, 3.8) is 0 Å². The molecule has 1 aromatic carbocycles. The van der Waals surface area contributed by atoms with Gasteiger partial charge in [-0.1, -0.05) is 17.2 Å². The summed E-state index contributed by atoms with van der Waals surface area (Å²) in [7, 11) is 0. The number of aromatic nitrogens is 2. The molecule has 1 amide bonds. The fourth-order valence-corrected chi connectivity index (χ4v) is 2.52. The summed E-state index contributed by atoms with van der Waals surface area (Å²) in [5, 5.41) is 0. The summed E-state index contributed by atoms with van der Waals surface area (Å²) in [5.74, 6) is 0.0600. The first-order valence-corrected chi connectivity index (χ1v) is 6.29. The zero-order valence-electron chi connectivity index (χ0n) is 11.1. The molecule has 1 aliphatic heterocycles.